The third-order valence-corrected chi connectivity index (χ3v) is 5.14. The fourth-order valence-electron chi connectivity index (χ4n) is 2.33. The minimum atomic E-state index is 0.818. The summed E-state index contributed by atoms with van der Waals surface area (Å²) in [7, 11) is 0. The van der Waals surface area contributed by atoms with Gasteiger partial charge in [0.25, 0.3) is 0 Å². The van der Waals surface area contributed by atoms with Crippen LogP contribution in [0.2, 0.25) is 0 Å². The lowest BCUT2D eigenvalue weighted by Crippen LogP contribution is -1.89. The van der Waals surface area contributed by atoms with Crippen LogP contribution in [0.1, 0.15) is 29.2 Å². The van der Waals surface area contributed by atoms with Crippen molar-refractivity contribution in [2.24, 2.45) is 0 Å². The Kier molecular flexibility index (Phi) is 5.78. The SMILES string of the molecule is CCSc1cccc(SCc2cc(C)cc(C)c2)c1C#N. The minimum Gasteiger partial charge on any atom is -0.192 e. The first-order valence-corrected chi connectivity index (χ1v) is 8.97. The molecule has 2 aromatic rings. The molecule has 0 fully saturated rings. The average Bonchev–Trinajstić information content (AvgIpc) is 2.44. The van der Waals surface area contributed by atoms with Crippen LogP contribution >= 0.6 is 23.5 Å². The lowest BCUT2D eigenvalue weighted by atomic mass is 10.1. The van der Waals surface area contributed by atoms with Crippen molar-refractivity contribution in [3.05, 3.63) is 58.7 Å². The van der Waals surface area contributed by atoms with Gasteiger partial charge in [-0.2, -0.15) is 5.26 Å². The van der Waals surface area contributed by atoms with Crippen LogP contribution in [0.25, 0.3) is 0 Å². The van der Waals surface area contributed by atoms with Crippen molar-refractivity contribution < 1.29 is 0 Å². The van der Waals surface area contributed by atoms with Crippen molar-refractivity contribution in [1.29, 1.82) is 5.26 Å². The first kappa shape index (κ1) is 16.0. The Morgan fingerprint density at radius 1 is 1.00 bits per heavy atom. The summed E-state index contributed by atoms with van der Waals surface area (Å²) in [6.07, 6.45) is 0. The summed E-state index contributed by atoms with van der Waals surface area (Å²) in [5.41, 5.74) is 4.72. The van der Waals surface area contributed by atoms with Gasteiger partial charge in [0.2, 0.25) is 0 Å². The van der Waals surface area contributed by atoms with E-state index in [4.69, 9.17) is 0 Å². The molecule has 2 rings (SSSR count). The van der Waals surface area contributed by atoms with E-state index < -0.39 is 0 Å². The number of thioether (sulfide) groups is 2. The molecule has 0 unspecified atom stereocenters. The van der Waals surface area contributed by atoms with Crippen molar-refractivity contribution in [2.45, 2.75) is 36.3 Å². The van der Waals surface area contributed by atoms with E-state index in [1.54, 1.807) is 23.5 Å². The van der Waals surface area contributed by atoms with Crippen LogP contribution in [0.5, 0.6) is 0 Å². The Bertz CT molecular complexity index is 651. The molecule has 0 aliphatic heterocycles. The van der Waals surface area contributed by atoms with E-state index in [-0.39, 0.29) is 0 Å². The van der Waals surface area contributed by atoms with Crippen molar-refractivity contribution in [1.82, 2.24) is 0 Å². The molecule has 21 heavy (non-hydrogen) atoms. The maximum Gasteiger partial charge on any atom is 0.101 e. The maximum absolute atomic E-state index is 9.43. The molecule has 0 spiro atoms. The number of nitriles is 1. The molecular formula is C18H19NS2. The summed E-state index contributed by atoms with van der Waals surface area (Å²) in [4.78, 5) is 2.17. The van der Waals surface area contributed by atoms with E-state index in [0.29, 0.717) is 0 Å². The van der Waals surface area contributed by atoms with E-state index in [1.807, 2.05) is 18.2 Å². The second-order valence-corrected chi connectivity index (χ2v) is 7.28. The normalized spacial score (nSPS) is 10.4. The average molecular weight is 313 g/mol. The van der Waals surface area contributed by atoms with Crippen LogP contribution in [-0.4, -0.2) is 5.75 Å². The predicted molar refractivity (Wildman–Crippen MR) is 93.0 cm³/mol. The third kappa shape index (κ3) is 4.30. The Hall–Kier alpha value is -1.37. The molecule has 0 saturated carbocycles. The lowest BCUT2D eigenvalue weighted by molar-refractivity contribution is 1.24. The van der Waals surface area contributed by atoms with Crippen LogP contribution in [0.3, 0.4) is 0 Å². The smallest absolute Gasteiger partial charge is 0.101 e. The van der Waals surface area contributed by atoms with Crippen molar-refractivity contribution >= 4 is 23.5 Å². The van der Waals surface area contributed by atoms with Gasteiger partial charge >= 0.3 is 0 Å². The molecule has 0 radical (unpaired) electrons. The van der Waals surface area contributed by atoms with Crippen molar-refractivity contribution in [3.8, 4) is 6.07 Å². The third-order valence-electron chi connectivity index (χ3n) is 3.08. The van der Waals surface area contributed by atoms with Gasteiger partial charge in [-0.1, -0.05) is 42.3 Å². The number of aryl methyl sites for hydroxylation is 2. The van der Waals surface area contributed by atoms with Gasteiger partial charge in [0, 0.05) is 15.5 Å². The van der Waals surface area contributed by atoms with Crippen molar-refractivity contribution in [3.63, 3.8) is 0 Å². The zero-order chi connectivity index (χ0) is 15.2. The van der Waals surface area contributed by atoms with Gasteiger partial charge < -0.3 is 0 Å². The van der Waals surface area contributed by atoms with E-state index in [2.05, 4.69) is 45.0 Å². The summed E-state index contributed by atoms with van der Waals surface area (Å²) in [5.74, 6) is 1.89. The second-order valence-electron chi connectivity index (χ2n) is 4.96. The molecule has 0 bridgehead atoms. The van der Waals surface area contributed by atoms with Gasteiger partial charge in [0.05, 0.1) is 5.56 Å². The fraction of sp³-hybridized carbons (Fsp3) is 0.278. The van der Waals surface area contributed by atoms with Gasteiger partial charge in [-0.25, -0.2) is 0 Å². The van der Waals surface area contributed by atoms with E-state index in [0.717, 1.165) is 26.9 Å². The molecular weight excluding hydrogens is 294 g/mol. The van der Waals surface area contributed by atoms with E-state index in [1.165, 1.54) is 16.7 Å². The Morgan fingerprint density at radius 2 is 1.62 bits per heavy atom. The Balaban J connectivity index is 2.20. The fourth-order valence-corrected chi connectivity index (χ4v) is 4.14. The number of hydrogen-bond acceptors (Lipinski definition) is 3. The Labute approximate surface area is 135 Å². The zero-order valence-electron chi connectivity index (χ0n) is 12.6. The summed E-state index contributed by atoms with van der Waals surface area (Å²) >= 11 is 3.48. The molecule has 0 saturated heterocycles. The quantitative estimate of drug-likeness (QED) is 0.673. The molecule has 0 heterocycles. The number of nitrogens with zero attached hydrogens (tertiary/aromatic N) is 1. The van der Waals surface area contributed by atoms with Gasteiger partial charge in [-0.3, -0.25) is 0 Å². The first-order chi connectivity index (χ1) is 10.1. The molecule has 0 amide bonds. The molecule has 3 heteroatoms. The highest BCUT2D eigenvalue weighted by Gasteiger charge is 2.09. The van der Waals surface area contributed by atoms with Crippen LogP contribution in [0.15, 0.2) is 46.2 Å². The summed E-state index contributed by atoms with van der Waals surface area (Å²) in [6.45, 7) is 6.36. The highest BCUT2D eigenvalue weighted by atomic mass is 32.2. The maximum atomic E-state index is 9.43. The van der Waals surface area contributed by atoms with Crippen LogP contribution in [0, 0.1) is 25.2 Å². The zero-order valence-corrected chi connectivity index (χ0v) is 14.3. The standard InChI is InChI=1S/C18H19NS2/c1-4-20-17-6-5-7-18(16(17)11-19)21-12-15-9-13(2)8-14(3)10-15/h5-10H,4,12H2,1-3H3. The minimum absolute atomic E-state index is 0.818. The summed E-state index contributed by atoms with van der Waals surface area (Å²) < 4.78 is 0. The Morgan fingerprint density at radius 3 is 2.19 bits per heavy atom. The van der Waals surface area contributed by atoms with Crippen LogP contribution < -0.4 is 0 Å². The number of rotatable bonds is 5. The molecule has 0 aliphatic carbocycles. The topological polar surface area (TPSA) is 23.8 Å². The van der Waals surface area contributed by atoms with Crippen molar-refractivity contribution in [2.75, 3.05) is 5.75 Å². The molecule has 0 aromatic heterocycles. The van der Waals surface area contributed by atoms with Crippen LogP contribution in [0.4, 0.5) is 0 Å². The molecule has 1 nitrogen and oxygen atoms in total. The van der Waals surface area contributed by atoms with Gasteiger partial charge in [0.1, 0.15) is 6.07 Å². The molecule has 0 atom stereocenters. The monoisotopic (exact) mass is 313 g/mol. The van der Waals surface area contributed by atoms with Gasteiger partial charge in [-0.05, 0) is 37.3 Å². The summed E-state index contributed by atoms with van der Waals surface area (Å²) in [6, 6.07) is 15.1. The lowest BCUT2D eigenvalue weighted by Gasteiger charge is -2.09. The molecule has 0 aliphatic rings. The van der Waals surface area contributed by atoms with Crippen LogP contribution in [-0.2, 0) is 5.75 Å². The first-order valence-electron chi connectivity index (χ1n) is 7.00. The van der Waals surface area contributed by atoms with Gasteiger partial charge in [-0.15, -0.1) is 23.5 Å². The van der Waals surface area contributed by atoms with E-state index >= 15 is 0 Å². The molecule has 0 N–H and O–H groups in total. The highest BCUT2D eigenvalue weighted by molar-refractivity contribution is 7.99. The van der Waals surface area contributed by atoms with Gasteiger partial charge in [0.15, 0.2) is 0 Å². The predicted octanol–water partition coefficient (Wildman–Crippen LogP) is 5.58. The molecule has 108 valence electrons. The summed E-state index contributed by atoms with van der Waals surface area (Å²) in [5, 5.41) is 9.43. The largest absolute Gasteiger partial charge is 0.192 e. The molecule has 2 aromatic carbocycles. The highest BCUT2D eigenvalue weighted by Crippen LogP contribution is 2.32. The second kappa shape index (κ2) is 7.59. The van der Waals surface area contributed by atoms with E-state index in [9.17, 15) is 5.26 Å². The number of benzene rings is 2. The number of hydrogen-bond donors (Lipinski definition) is 0.